The highest BCUT2D eigenvalue weighted by Crippen LogP contribution is 2.13. The zero-order chi connectivity index (χ0) is 12.4. The standard InChI is InChI=1S/C12H16N4S/c1-8(2)11-14-15-12(17)16(11)7-10-6-4-5-9(3)13-10/h4-6,8H,7H2,1-3H3,(H,15,17). The fourth-order valence-corrected chi connectivity index (χ4v) is 1.98. The first-order chi connectivity index (χ1) is 8.08. The van der Waals surface area contributed by atoms with Gasteiger partial charge in [-0.1, -0.05) is 19.9 Å². The fraction of sp³-hybridized carbons (Fsp3) is 0.417. The third-order valence-corrected chi connectivity index (χ3v) is 2.88. The van der Waals surface area contributed by atoms with Crippen LogP contribution in [0.5, 0.6) is 0 Å². The van der Waals surface area contributed by atoms with Gasteiger partial charge in [-0.2, -0.15) is 5.10 Å². The lowest BCUT2D eigenvalue weighted by atomic mass is 10.2. The van der Waals surface area contributed by atoms with Crippen LogP contribution in [0.25, 0.3) is 0 Å². The minimum Gasteiger partial charge on any atom is -0.298 e. The van der Waals surface area contributed by atoms with Crippen molar-refractivity contribution in [1.82, 2.24) is 19.7 Å². The maximum atomic E-state index is 5.24. The van der Waals surface area contributed by atoms with Gasteiger partial charge < -0.3 is 0 Å². The fourth-order valence-electron chi connectivity index (χ4n) is 1.77. The molecule has 0 aliphatic carbocycles. The van der Waals surface area contributed by atoms with Gasteiger partial charge in [-0.3, -0.25) is 14.6 Å². The monoisotopic (exact) mass is 248 g/mol. The highest BCUT2D eigenvalue weighted by molar-refractivity contribution is 7.71. The largest absolute Gasteiger partial charge is 0.298 e. The first-order valence-corrected chi connectivity index (χ1v) is 6.06. The van der Waals surface area contributed by atoms with Gasteiger partial charge in [0, 0.05) is 11.6 Å². The van der Waals surface area contributed by atoms with Gasteiger partial charge in [-0.05, 0) is 31.3 Å². The van der Waals surface area contributed by atoms with Gasteiger partial charge in [0.15, 0.2) is 4.77 Å². The average molecular weight is 248 g/mol. The molecule has 2 rings (SSSR count). The van der Waals surface area contributed by atoms with Crippen LogP contribution >= 0.6 is 12.2 Å². The van der Waals surface area contributed by atoms with Gasteiger partial charge in [-0.15, -0.1) is 0 Å². The van der Waals surface area contributed by atoms with Gasteiger partial charge in [0.25, 0.3) is 0 Å². The summed E-state index contributed by atoms with van der Waals surface area (Å²) in [6.07, 6.45) is 0. The summed E-state index contributed by atoms with van der Waals surface area (Å²) in [5, 5.41) is 7.09. The maximum absolute atomic E-state index is 5.24. The number of rotatable bonds is 3. The SMILES string of the molecule is Cc1cccc(Cn2c(C(C)C)n[nH]c2=S)n1. The minimum atomic E-state index is 0.341. The lowest BCUT2D eigenvalue weighted by molar-refractivity contribution is 0.655. The van der Waals surface area contributed by atoms with E-state index in [9.17, 15) is 0 Å². The first kappa shape index (κ1) is 12.0. The Morgan fingerprint density at radius 3 is 2.82 bits per heavy atom. The molecular weight excluding hydrogens is 232 g/mol. The van der Waals surface area contributed by atoms with Crippen LogP contribution in [0.3, 0.4) is 0 Å². The molecule has 0 atom stereocenters. The van der Waals surface area contributed by atoms with Crippen molar-refractivity contribution in [2.24, 2.45) is 0 Å². The third kappa shape index (κ3) is 2.61. The molecule has 0 aromatic carbocycles. The number of aryl methyl sites for hydroxylation is 1. The average Bonchev–Trinajstić information content (AvgIpc) is 2.61. The summed E-state index contributed by atoms with van der Waals surface area (Å²) in [6.45, 7) is 6.86. The summed E-state index contributed by atoms with van der Waals surface area (Å²) in [5.74, 6) is 1.31. The Kier molecular flexibility index (Phi) is 3.38. The summed E-state index contributed by atoms with van der Waals surface area (Å²) in [7, 11) is 0. The Bertz CT molecular complexity index is 568. The first-order valence-electron chi connectivity index (χ1n) is 5.65. The van der Waals surface area contributed by atoms with Crippen LogP contribution in [0.2, 0.25) is 0 Å². The number of aromatic nitrogens is 4. The van der Waals surface area contributed by atoms with Crippen molar-refractivity contribution in [3.05, 3.63) is 40.2 Å². The van der Waals surface area contributed by atoms with Crippen LogP contribution in [0.1, 0.15) is 37.0 Å². The summed E-state index contributed by atoms with van der Waals surface area (Å²) >= 11 is 5.24. The van der Waals surface area contributed by atoms with Crippen molar-refractivity contribution in [3.63, 3.8) is 0 Å². The molecule has 5 heteroatoms. The molecule has 90 valence electrons. The molecule has 0 aliphatic rings. The lowest BCUT2D eigenvalue weighted by Crippen LogP contribution is -2.08. The second-order valence-electron chi connectivity index (χ2n) is 4.40. The Morgan fingerprint density at radius 2 is 2.18 bits per heavy atom. The van der Waals surface area contributed by atoms with Crippen LogP contribution < -0.4 is 0 Å². The molecule has 0 amide bonds. The summed E-state index contributed by atoms with van der Waals surface area (Å²) in [5.41, 5.74) is 2.02. The molecule has 17 heavy (non-hydrogen) atoms. The molecule has 0 saturated carbocycles. The lowest BCUT2D eigenvalue weighted by Gasteiger charge is -2.08. The summed E-state index contributed by atoms with van der Waals surface area (Å²) in [6, 6.07) is 6.00. The maximum Gasteiger partial charge on any atom is 0.195 e. The number of aromatic amines is 1. The van der Waals surface area contributed by atoms with Crippen LogP contribution in [-0.4, -0.2) is 19.7 Å². The van der Waals surface area contributed by atoms with E-state index in [-0.39, 0.29) is 0 Å². The van der Waals surface area contributed by atoms with Crippen molar-refractivity contribution >= 4 is 12.2 Å². The highest BCUT2D eigenvalue weighted by atomic mass is 32.1. The van der Waals surface area contributed by atoms with Crippen LogP contribution in [0.15, 0.2) is 18.2 Å². The van der Waals surface area contributed by atoms with E-state index >= 15 is 0 Å². The zero-order valence-electron chi connectivity index (χ0n) is 10.3. The topological polar surface area (TPSA) is 46.5 Å². The molecule has 2 heterocycles. The van der Waals surface area contributed by atoms with Crippen molar-refractivity contribution in [3.8, 4) is 0 Å². The predicted octanol–water partition coefficient (Wildman–Crippen LogP) is 2.82. The Hall–Kier alpha value is -1.49. The molecule has 4 nitrogen and oxygen atoms in total. The van der Waals surface area contributed by atoms with Crippen molar-refractivity contribution in [2.75, 3.05) is 0 Å². The van der Waals surface area contributed by atoms with E-state index in [2.05, 4.69) is 29.0 Å². The molecule has 0 fully saturated rings. The van der Waals surface area contributed by atoms with E-state index in [0.717, 1.165) is 17.2 Å². The van der Waals surface area contributed by atoms with Crippen molar-refractivity contribution < 1.29 is 0 Å². The Labute approximate surface area is 106 Å². The second-order valence-corrected chi connectivity index (χ2v) is 4.78. The van der Waals surface area contributed by atoms with Crippen molar-refractivity contribution in [1.29, 1.82) is 0 Å². The molecule has 0 bridgehead atoms. The summed E-state index contributed by atoms with van der Waals surface area (Å²) in [4.78, 5) is 4.48. The van der Waals surface area contributed by atoms with Gasteiger partial charge >= 0.3 is 0 Å². The molecular formula is C12H16N4S. The van der Waals surface area contributed by atoms with Crippen LogP contribution in [-0.2, 0) is 6.54 Å². The second kappa shape index (κ2) is 4.79. The van der Waals surface area contributed by atoms with Crippen LogP contribution in [0.4, 0.5) is 0 Å². The number of nitrogens with one attached hydrogen (secondary N) is 1. The Morgan fingerprint density at radius 1 is 1.41 bits per heavy atom. The molecule has 0 aliphatic heterocycles. The van der Waals surface area contributed by atoms with Gasteiger partial charge in [0.2, 0.25) is 0 Å². The zero-order valence-corrected chi connectivity index (χ0v) is 11.1. The minimum absolute atomic E-state index is 0.341. The van der Waals surface area contributed by atoms with Gasteiger partial charge in [0.05, 0.1) is 12.2 Å². The normalized spacial score (nSPS) is 11.1. The van der Waals surface area contributed by atoms with E-state index in [1.807, 2.05) is 29.7 Å². The predicted molar refractivity (Wildman–Crippen MR) is 69.6 cm³/mol. The molecule has 0 unspecified atom stereocenters. The highest BCUT2D eigenvalue weighted by Gasteiger charge is 2.10. The van der Waals surface area contributed by atoms with Crippen molar-refractivity contribution in [2.45, 2.75) is 33.2 Å². The third-order valence-electron chi connectivity index (χ3n) is 2.57. The molecule has 1 N–H and O–H groups in total. The molecule has 0 spiro atoms. The van der Waals surface area contributed by atoms with E-state index in [1.54, 1.807) is 0 Å². The van der Waals surface area contributed by atoms with E-state index < -0.39 is 0 Å². The number of hydrogen-bond acceptors (Lipinski definition) is 3. The van der Waals surface area contributed by atoms with Gasteiger partial charge in [-0.25, -0.2) is 0 Å². The molecule has 2 aromatic rings. The number of hydrogen-bond donors (Lipinski definition) is 1. The quantitative estimate of drug-likeness (QED) is 0.850. The van der Waals surface area contributed by atoms with E-state index in [4.69, 9.17) is 12.2 Å². The Balaban J connectivity index is 2.36. The smallest absolute Gasteiger partial charge is 0.195 e. The molecule has 0 saturated heterocycles. The number of nitrogens with zero attached hydrogens (tertiary/aromatic N) is 3. The van der Waals surface area contributed by atoms with Crippen LogP contribution in [0, 0.1) is 11.7 Å². The number of H-pyrrole nitrogens is 1. The summed E-state index contributed by atoms with van der Waals surface area (Å²) < 4.78 is 2.65. The molecule has 2 aromatic heterocycles. The van der Waals surface area contributed by atoms with Gasteiger partial charge in [0.1, 0.15) is 5.82 Å². The van der Waals surface area contributed by atoms with E-state index in [0.29, 0.717) is 17.2 Å². The van der Waals surface area contributed by atoms with E-state index in [1.165, 1.54) is 0 Å². The molecule has 0 radical (unpaired) electrons. The number of pyridine rings is 1.